The molecule has 0 unspecified atom stereocenters. The summed E-state index contributed by atoms with van der Waals surface area (Å²) in [5, 5.41) is 9.55. The molecule has 1 atom stereocenters. The Morgan fingerprint density at radius 1 is 0.829 bits per heavy atom. The van der Waals surface area contributed by atoms with Gasteiger partial charge < -0.3 is 10.2 Å². The first-order valence-electron chi connectivity index (χ1n) is 13.5. The molecule has 0 amide bonds. The van der Waals surface area contributed by atoms with Gasteiger partial charge in [-0.1, -0.05) is 78.7 Å². The van der Waals surface area contributed by atoms with Gasteiger partial charge in [-0.05, 0) is 73.0 Å². The van der Waals surface area contributed by atoms with Gasteiger partial charge in [0.25, 0.3) is 0 Å². The van der Waals surface area contributed by atoms with E-state index in [2.05, 4.69) is 47.5 Å². The van der Waals surface area contributed by atoms with Crippen LogP contribution < -0.4 is 10.2 Å². The van der Waals surface area contributed by atoms with Crippen LogP contribution in [0, 0.1) is 6.92 Å². The van der Waals surface area contributed by atoms with Crippen LogP contribution in [0.5, 0.6) is 0 Å². The molecule has 202 valence electrons. The Balaban J connectivity index is 1.48. The molecule has 0 aliphatic carbocycles. The molecular formula is C33H26Cl2N6. The van der Waals surface area contributed by atoms with Crippen LogP contribution in [0.15, 0.2) is 107 Å². The van der Waals surface area contributed by atoms with Gasteiger partial charge in [0.15, 0.2) is 17.5 Å². The van der Waals surface area contributed by atoms with Crippen LogP contribution in [0.4, 0.5) is 22.9 Å². The highest BCUT2D eigenvalue weighted by molar-refractivity contribution is 6.51. The maximum Gasteiger partial charge on any atom is 0.179 e. The summed E-state index contributed by atoms with van der Waals surface area (Å²) in [5.74, 6) is 2.11. The molecule has 0 radical (unpaired) electrons. The van der Waals surface area contributed by atoms with Crippen LogP contribution in [0.2, 0.25) is 10.0 Å². The van der Waals surface area contributed by atoms with Crippen molar-refractivity contribution in [1.29, 1.82) is 0 Å². The summed E-state index contributed by atoms with van der Waals surface area (Å²) in [4.78, 5) is 12.6. The van der Waals surface area contributed by atoms with Crippen molar-refractivity contribution >= 4 is 57.8 Å². The molecule has 5 aromatic rings. The lowest BCUT2D eigenvalue weighted by molar-refractivity contribution is 0.815. The van der Waals surface area contributed by atoms with Gasteiger partial charge >= 0.3 is 0 Å². The van der Waals surface area contributed by atoms with Crippen molar-refractivity contribution in [3.05, 3.63) is 129 Å². The summed E-state index contributed by atoms with van der Waals surface area (Å²) in [7, 11) is 0. The lowest BCUT2D eigenvalue weighted by Crippen LogP contribution is -2.46. The molecule has 41 heavy (non-hydrogen) atoms. The first kappa shape index (κ1) is 25.6. The van der Waals surface area contributed by atoms with Crippen molar-refractivity contribution in [3.63, 3.8) is 0 Å². The van der Waals surface area contributed by atoms with E-state index >= 15 is 0 Å². The van der Waals surface area contributed by atoms with Crippen LogP contribution in [0.25, 0.3) is 5.69 Å². The van der Waals surface area contributed by atoms with Crippen LogP contribution >= 0.6 is 23.2 Å². The number of anilines is 2. The Labute approximate surface area is 248 Å². The number of halogens is 2. The summed E-state index contributed by atoms with van der Waals surface area (Å²) in [5.41, 5.74) is 7.80. The monoisotopic (exact) mass is 576 g/mol. The molecule has 0 bridgehead atoms. The number of aryl methyl sites for hydroxylation is 2. The lowest BCUT2D eigenvalue weighted by atomic mass is 9.93. The van der Waals surface area contributed by atoms with Crippen molar-refractivity contribution in [3.8, 4) is 5.69 Å². The first-order chi connectivity index (χ1) is 20.0. The van der Waals surface area contributed by atoms with Crippen molar-refractivity contribution in [1.82, 2.24) is 9.78 Å². The largest absolute Gasteiger partial charge is 0.337 e. The van der Waals surface area contributed by atoms with Crippen LogP contribution in [0.3, 0.4) is 0 Å². The number of fused-ring (bicyclic) bond motifs is 4. The second-order valence-corrected chi connectivity index (χ2v) is 10.9. The third-order valence-electron chi connectivity index (χ3n) is 7.52. The van der Waals surface area contributed by atoms with E-state index in [-0.39, 0.29) is 6.04 Å². The fraction of sp³-hybridized carbons (Fsp3) is 0.121. The maximum atomic E-state index is 6.60. The van der Waals surface area contributed by atoms with Crippen molar-refractivity contribution in [2.24, 2.45) is 9.98 Å². The zero-order chi connectivity index (χ0) is 28.1. The zero-order valence-electron chi connectivity index (χ0n) is 22.5. The van der Waals surface area contributed by atoms with Crippen LogP contribution in [-0.2, 0) is 6.42 Å². The number of rotatable bonds is 4. The topological polar surface area (TPSA) is 57.8 Å². The van der Waals surface area contributed by atoms with E-state index in [1.807, 2.05) is 78.3 Å². The second-order valence-electron chi connectivity index (χ2n) is 10.1. The zero-order valence-corrected chi connectivity index (χ0v) is 24.0. The third-order valence-corrected chi connectivity index (χ3v) is 8.26. The van der Waals surface area contributed by atoms with Crippen molar-refractivity contribution in [2.45, 2.75) is 26.3 Å². The molecule has 3 heterocycles. The van der Waals surface area contributed by atoms with E-state index in [1.54, 1.807) is 0 Å². The van der Waals surface area contributed by atoms with Crippen LogP contribution in [-0.4, -0.2) is 21.5 Å². The summed E-state index contributed by atoms with van der Waals surface area (Å²) in [6, 6.07) is 32.1. The number of benzene rings is 4. The second kappa shape index (κ2) is 10.2. The molecular weight excluding hydrogens is 551 g/mol. The highest BCUT2D eigenvalue weighted by Crippen LogP contribution is 2.48. The fourth-order valence-electron chi connectivity index (χ4n) is 5.51. The van der Waals surface area contributed by atoms with E-state index in [1.165, 1.54) is 5.56 Å². The maximum absolute atomic E-state index is 6.60. The molecule has 1 aromatic heterocycles. The van der Waals surface area contributed by atoms with E-state index < -0.39 is 0 Å². The Bertz CT molecular complexity index is 1840. The minimum absolute atomic E-state index is 0.277. The predicted molar refractivity (Wildman–Crippen MR) is 169 cm³/mol. The fourth-order valence-corrected chi connectivity index (χ4v) is 5.81. The van der Waals surface area contributed by atoms with Gasteiger partial charge in [-0.25, -0.2) is 14.7 Å². The summed E-state index contributed by atoms with van der Waals surface area (Å²) < 4.78 is 1.91. The Kier molecular flexibility index (Phi) is 6.37. The van der Waals surface area contributed by atoms with Gasteiger partial charge in [0, 0.05) is 11.3 Å². The van der Waals surface area contributed by atoms with Gasteiger partial charge in [0.1, 0.15) is 0 Å². The van der Waals surface area contributed by atoms with Gasteiger partial charge in [-0.2, -0.15) is 5.10 Å². The average molecular weight is 578 g/mol. The summed E-state index contributed by atoms with van der Waals surface area (Å²) in [6.07, 6.45) is 0.978. The van der Waals surface area contributed by atoms with Gasteiger partial charge in [0.05, 0.1) is 38.8 Å². The van der Waals surface area contributed by atoms with Crippen LogP contribution in [0.1, 0.15) is 35.3 Å². The molecule has 1 N–H and O–H groups in total. The number of aromatic nitrogens is 2. The van der Waals surface area contributed by atoms with Crippen molar-refractivity contribution in [2.75, 3.05) is 10.2 Å². The average Bonchev–Trinajstić information content (AvgIpc) is 3.34. The summed E-state index contributed by atoms with van der Waals surface area (Å²) >= 11 is 13.0. The third kappa shape index (κ3) is 4.40. The molecule has 0 fully saturated rings. The number of aliphatic imine (C=N–C) groups is 2. The standard InChI is InChI=1S/C33H26Cl2N6/c1-3-21-13-16-23(17-14-21)36-31-33-38-32-29(20(2)39-41(32)24-9-5-4-6-10-24)30(22-15-18-25(34)26(35)19-22)40(33)28-12-8-7-11-27(28)37-31/h4-19,30H,3H2,1-2H3,(H,36,37)/t30-/m0/s1. The molecule has 7 rings (SSSR count). The number of hydrogen-bond acceptors (Lipinski definition) is 5. The SMILES string of the molecule is CCc1ccc(NC2=Nc3ccccc3N3C2=Nc2c(c(C)nn2-c2ccccc2)[C@@H]3c2ccc(Cl)c(Cl)c2)cc1. The number of hydrogen-bond donors (Lipinski definition) is 1. The normalized spacial score (nSPS) is 15.4. The Morgan fingerprint density at radius 3 is 2.34 bits per heavy atom. The number of para-hydroxylation sites is 3. The highest BCUT2D eigenvalue weighted by atomic mass is 35.5. The van der Waals surface area contributed by atoms with Crippen molar-refractivity contribution < 1.29 is 0 Å². The smallest absolute Gasteiger partial charge is 0.179 e. The molecule has 8 heteroatoms. The quantitative estimate of drug-likeness (QED) is 0.232. The predicted octanol–water partition coefficient (Wildman–Crippen LogP) is 8.85. The van der Waals surface area contributed by atoms with E-state index in [9.17, 15) is 0 Å². The molecule has 0 saturated heterocycles. The van der Waals surface area contributed by atoms with E-state index in [4.69, 9.17) is 38.3 Å². The lowest BCUT2D eigenvalue weighted by Gasteiger charge is -2.40. The molecule has 0 saturated carbocycles. The summed E-state index contributed by atoms with van der Waals surface area (Å²) in [6.45, 7) is 4.18. The van der Waals surface area contributed by atoms with Gasteiger partial charge in [-0.15, -0.1) is 0 Å². The Hall–Kier alpha value is -4.39. The molecule has 2 aliphatic heterocycles. The van der Waals surface area contributed by atoms with Gasteiger partial charge in [-0.3, -0.25) is 0 Å². The first-order valence-corrected chi connectivity index (χ1v) is 14.3. The highest BCUT2D eigenvalue weighted by Gasteiger charge is 2.41. The molecule has 6 nitrogen and oxygen atoms in total. The minimum atomic E-state index is -0.277. The van der Waals surface area contributed by atoms with Gasteiger partial charge in [0.2, 0.25) is 0 Å². The Morgan fingerprint density at radius 2 is 1.59 bits per heavy atom. The molecule has 0 spiro atoms. The van der Waals surface area contributed by atoms with E-state index in [0.29, 0.717) is 21.7 Å². The van der Waals surface area contributed by atoms with E-state index in [0.717, 1.165) is 51.8 Å². The molecule has 2 aliphatic rings. The molecule has 4 aromatic carbocycles. The minimum Gasteiger partial charge on any atom is -0.337 e. The number of nitrogens with one attached hydrogen (secondary N) is 1. The number of nitrogens with zero attached hydrogens (tertiary/aromatic N) is 5. The number of amidine groups is 2.